The number of rotatable bonds is 7. The first-order chi connectivity index (χ1) is 8.69. The van der Waals surface area contributed by atoms with Gasteiger partial charge in [0.05, 0.1) is 6.61 Å². The van der Waals surface area contributed by atoms with Crippen LogP contribution in [0, 0.1) is 0 Å². The van der Waals surface area contributed by atoms with Gasteiger partial charge in [0.2, 0.25) is 0 Å². The van der Waals surface area contributed by atoms with Gasteiger partial charge in [-0.25, -0.2) is 0 Å². The Morgan fingerprint density at radius 3 is 3.00 bits per heavy atom. The number of carbonyl (C=O) groups excluding carboxylic acids is 1. The Labute approximate surface area is 108 Å². The van der Waals surface area contributed by atoms with Crippen molar-refractivity contribution in [1.82, 2.24) is 9.88 Å². The van der Waals surface area contributed by atoms with E-state index < -0.39 is 0 Å². The maximum absolute atomic E-state index is 12.1. The zero-order valence-electron chi connectivity index (χ0n) is 11.3. The predicted molar refractivity (Wildman–Crippen MR) is 71.9 cm³/mol. The van der Waals surface area contributed by atoms with Gasteiger partial charge in [-0.1, -0.05) is 6.92 Å². The summed E-state index contributed by atoms with van der Waals surface area (Å²) < 4.78 is 4.95. The summed E-state index contributed by atoms with van der Waals surface area (Å²) in [6, 6.07) is 3.64. The second kappa shape index (κ2) is 7.66. The highest BCUT2D eigenvalue weighted by Crippen LogP contribution is 2.09. The van der Waals surface area contributed by atoms with Crippen LogP contribution in [0.5, 0.6) is 0 Å². The third-order valence-electron chi connectivity index (χ3n) is 2.54. The van der Waals surface area contributed by atoms with Crippen molar-refractivity contribution >= 4 is 11.6 Å². The first kappa shape index (κ1) is 14.4. The lowest BCUT2D eigenvalue weighted by Crippen LogP contribution is -2.30. The quantitative estimate of drug-likeness (QED) is 0.800. The van der Waals surface area contributed by atoms with Gasteiger partial charge < -0.3 is 15.0 Å². The number of nitrogens with zero attached hydrogens (tertiary/aromatic N) is 2. The number of nitrogens with one attached hydrogen (secondary N) is 1. The Balaban J connectivity index is 2.67. The van der Waals surface area contributed by atoms with Crippen LogP contribution in [0.25, 0.3) is 0 Å². The number of pyridine rings is 1. The van der Waals surface area contributed by atoms with Crippen molar-refractivity contribution < 1.29 is 9.53 Å². The van der Waals surface area contributed by atoms with E-state index in [1.54, 1.807) is 31.3 Å². The van der Waals surface area contributed by atoms with Crippen LogP contribution < -0.4 is 5.32 Å². The molecule has 1 aromatic heterocycles. The first-order valence-electron chi connectivity index (χ1n) is 6.13. The topological polar surface area (TPSA) is 54.5 Å². The van der Waals surface area contributed by atoms with E-state index in [2.05, 4.69) is 17.2 Å². The van der Waals surface area contributed by atoms with Crippen LogP contribution >= 0.6 is 0 Å². The molecule has 5 nitrogen and oxygen atoms in total. The standard InChI is InChI=1S/C13H21N3O2/c1-4-6-14-11-5-7-15-12(10-11)13(17)16(2)8-9-18-3/h5,7,10H,4,6,8-9H2,1-3H3,(H,14,15). The number of likely N-dealkylation sites (N-methyl/N-ethyl adjacent to an activating group) is 1. The summed E-state index contributed by atoms with van der Waals surface area (Å²) in [5.74, 6) is -0.0906. The summed E-state index contributed by atoms with van der Waals surface area (Å²) in [6.45, 7) is 4.07. The second-order valence-corrected chi connectivity index (χ2v) is 4.08. The second-order valence-electron chi connectivity index (χ2n) is 4.08. The number of hydrogen-bond acceptors (Lipinski definition) is 4. The van der Waals surface area contributed by atoms with Crippen LogP contribution in [0.4, 0.5) is 5.69 Å². The number of aromatic nitrogens is 1. The molecule has 0 unspecified atom stereocenters. The third-order valence-corrected chi connectivity index (χ3v) is 2.54. The predicted octanol–water partition coefficient (Wildman–Crippen LogP) is 1.62. The minimum Gasteiger partial charge on any atom is -0.385 e. The lowest BCUT2D eigenvalue weighted by molar-refractivity contribution is 0.0738. The van der Waals surface area contributed by atoms with Gasteiger partial charge in [0.25, 0.3) is 5.91 Å². The van der Waals surface area contributed by atoms with Crippen LogP contribution in [0.15, 0.2) is 18.3 Å². The molecule has 0 radical (unpaired) electrons. The number of carbonyl (C=O) groups is 1. The van der Waals surface area contributed by atoms with Crippen molar-refractivity contribution in [1.29, 1.82) is 0 Å². The molecule has 100 valence electrons. The van der Waals surface area contributed by atoms with Crippen molar-refractivity contribution in [3.05, 3.63) is 24.0 Å². The Morgan fingerprint density at radius 1 is 1.56 bits per heavy atom. The van der Waals surface area contributed by atoms with Gasteiger partial charge in [-0.15, -0.1) is 0 Å². The van der Waals surface area contributed by atoms with Crippen LogP contribution in [-0.4, -0.2) is 49.6 Å². The van der Waals surface area contributed by atoms with Crippen LogP contribution in [0.1, 0.15) is 23.8 Å². The monoisotopic (exact) mass is 251 g/mol. The van der Waals surface area contributed by atoms with Crippen molar-refractivity contribution in [3.63, 3.8) is 0 Å². The number of anilines is 1. The van der Waals surface area contributed by atoms with Crippen LogP contribution in [-0.2, 0) is 4.74 Å². The van der Waals surface area contributed by atoms with Crippen molar-refractivity contribution in [2.75, 3.05) is 39.2 Å². The fraction of sp³-hybridized carbons (Fsp3) is 0.538. The van der Waals surface area contributed by atoms with E-state index in [9.17, 15) is 4.79 Å². The van der Waals surface area contributed by atoms with Crippen LogP contribution in [0.3, 0.4) is 0 Å². The van der Waals surface area contributed by atoms with Crippen LogP contribution in [0.2, 0.25) is 0 Å². The molecule has 1 aromatic rings. The number of amides is 1. The Bertz CT molecular complexity index is 382. The van der Waals surface area contributed by atoms with E-state index in [1.807, 2.05) is 6.07 Å². The number of methoxy groups -OCH3 is 1. The van der Waals surface area contributed by atoms with Gasteiger partial charge in [-0.05, 0) is 18.6 Å². The zero-order valence-corrected chi connectivity index (χ0v) is 11.3. The number of hydrogen-bond donors (Lipinski definition) is 1. The van der Waals surface area contributed by atoms with Gasteiger partial charge >= 0.3 is 0 Å². The smallest absolute Gasteiger partial charge is 0.272 e. The van der Waals surface area contributed by atoms with Gasteiger partial charge in [0, 0.05) is 39.1 Å². The fourth-order valence-corrected chi connectivity index (χ4v) is 1.45. The van der Waals surface area contributed by atoms with E-state index in [0.29, 0.717) is 18.8 Å². The summed E-state index contributed by atoms with van der Waals surface area (Å²) in [5.41, 5.74) is 1.38. The normalized spacial score (nSPS) is 10.2. The Morgan fingerprint density at radius 2 is 2.33 bits per heavy atom. The van der Waals surface area contributed by atoms with Crippen molar-refractivity contribution in [2.45, 2.75) is 13.3 Å². The molecular weight excluding hydrogens is 230 g/mol. The highest BCUT2D eigenvalue weighted by Gasteiger charge is 2.12. The third kappa shape index (κ3) is 4.33. The summed E-state index contributed by atoms with van der Waals surface area (Å²) in [5, 5.41) is 3.24. The molecule has 0 aromatic carbocycles. The molecule has 0 aliphatic rings. The molecule has 0 bridgehead atoms. The largest absolute Gasteiger partial charge is 0.385 e. The molecule has 1 amide bonds. The first-order valence-corrected chi connectivity index (χ1v) is 6.13. The van der Waals surface area contributed by atoms with Crippen molar-refractivity contribution in [3.8, 4) is 0 Å². The SMILES string of the molecule is CCCNc1ccnc(C(=O)N(C)CCOC)c1. The maximum atomic E-state index is 12.1. The van der Waals surface area contributed by atoms with E-state index in [0.717, 1.165) is 18.7 Å². The highest BCUT2D eigenvalue weighted by atomic mass is 16.5. The van der Waals surface area contributed by atoms with Gasteiger partial charge in [0.1, 0.15) is 5.69 Å². The van der Waals surface area contributed by atoms with Crippen molar-refractivity contribution in [2.24, 2.45) is 0 Å². The summed E-state index contributed by atoms with van der Waals surface area (Å²) >= 11 is 0. The molecule has 0 saturated carbocycles. The average Bonchev–Trinajstić information content (AvgIpc) is 2.42. The summed E-state index contributed by atoms with van der Waals surface area (Å²) in [4.78, 5) is 17.8. The molecule has 1 N–H and O–H groups in total. The molecule has 0 aliphatic carbocycles. The summed E-state index contributed by atoms with van der Waals surface area (Å²) in [7, 11) is 3.36. The fourth-order valence-electron chi connectivity index (χ4n) is 1.45. The van der Waals surface area contributed by atoms with E-state index >= 15 is 0 Å². The molecule has 5 heteroatoms. The summed E-state index contributed by atoms with van der Waals surface area (Å²) in [6.07, 6.45) is 2.69. The lowest BCUT2D eigenvalue weighted by Gasteiger charge is -2.16. The highest BCUT2D eigenvalue weighted by molar-refractivity contribution is 5.92. The molecule has 0 atom stereocenters. The maximum Gasteiger partial charge on any atom is 0.272 e. The minimum atomic E-state index is -0.0906. The molecule has 1 rings (SSSR count). The Kier molecular flexibility index (Phi) is 6.14. The lowest BCUT2D eigenvalue weighted by atomic mass is 10.3. The average molecular weight is 251 g/mol. The van der Waals surface area contributed by atoms with E-state index in [1.165, 1.54) is 0 Å². The van der Waals surface area contributed by atoms with Gasteiger partial charge in [0.15, 0.2) is 0 Å². The van der Waals surface area contributed by atoms with E-state index in [-0.39, 0.29) is 5.91 Å². The molecule has 0 aliphatic heterocycles. The molecule has 0 saturated heterocycles. The Hall–Kier alpha value is -1.62. The van der Waals surface area contributed by atoms with Gasteiger partial charge in [-0.2, -0.15) is 0 Å². The molecule has 0 spiro atoms. The molecular formula is C13H21N3O2. The van der Waals surface area contributed by atoms with Gasteiger partial charge in [-0.3, -0.25) is 9.78 Å². The minimum absolute atomic E-state index is 0.0906. The molecule has 1 heterocycles. The number of ether oxygens (including phenoxy) is 1. The van der Waals surface area contributed by atoms with E-state index in [4.69, 9.17) is 4.74 Å². The molecule has 18 heavy (non-hydrogen) atoms. The zero-order chi connectivity index (χ0) is 13.4. The molecule has 0 fully saturated rings.